The molecule has 0 spiro atoms. The number of hydrogen-bond donors (Lipinski definition) is 1. The van der Waals surface area contributed by atoms with Gasteiger partial charge >= 0.3 is 0 Å². The first kappa shape index (κ1) is 17.9. The molecule has 2 heterocycles. The van der Waals surface area contributed by atoms with Gasteiger partial charge in [0.05, 0.1) is 5.92 Å². The minimum absolute atomic E-state index is 0.123. The van der Waals surface area contributed by atoms with E-state index in [2.05, 4.69) is 5.32 Å². The van der Waals surface area contributed by atoms with Crippen molar-refractivity contribution < 1.29 is 14.0 Å². The van der Waals surface area contributed by atoms with Gasteiger partial charge < -0.3 is 15.1 Å². The third-order valence-electron chi connectivity index (χ3n) is 5.35. The summed E-state index contributed by atoms with van der Waals surface area (Å²) in [5, 5.41) is 3.31. The van der Waals surface area contributed by atoms with Crippen molar-refractivity contribution in [3.8, 4) is 0 Å². The van der Waals surface area contributed by atoms with Crippen LogP contribution in [0.4, 0.5) is 4.39 Å². The van der Waals surface area contributed by atoms with Crippen LogP contribution in [0.15, 0.2) is 24.3 Å². The van der Waals surface area contributed by atoms with Crippen molar-refractivity contribution in [3.05, 3.63) is 35.6 Å². The number of likely N-dealkylation sites (tertiary alicyclic amines) is 1. The lowest BCUT2D eigenvalue weighted by molar-refractivity contribution is -0.138. The average Bonchev–Trinajstić information content (AvgIpc) is 2.67. The first-order chi connectivity index (χ1) is 12.1. The Labute approximate surface area is 148 Å². The third-order valence-corrected chi connectivity index (χ3v) is 5.35. The topological polar surface area (TPSA) is 52.7 Å². The number of amides is 2. The van der Waals surface area contributed by atoms with Gasteiger partial charge in [0, 0.05) is 31.7 Å². The van der Waals surface area contributed by atoms with Crippen molar-refractivity contribution in [2.75, 3.05) is 33.2 Å². The fourth-order valence-corrected chi connectivity index (χ4v) is 3.80. The highest BCUT2D eigenvalue weighted by Gasteiger charge is 2.33. The summed E-state index contributed by atoms with van der Waals surface area (Å²) in [4.78, 5) is 29.1. The van der Waals surface area contributed by atoms with E-state index in [-0.39, 0.29) is 29.6 Å². The highest BCUT2D eigenvalue weighted by atomic mass is 19.1. The molecule has 2 amide bonds. The lowest BCUT2D eigenvalue weighted by Gasteiger charge is -2.37. The zero-order valence-corrected chi connectivity index (χ0v) is 14.7. The Balaban J connectivity index is 1.62. The van der Waals surface area contributed by atoms with Gasteiger partial charge in [0.25, 0.3) is 5.91 Å². The van der Waals surface area contributed by atoms with Crippen molar-refractivity contribution >= 4 is 11.8 Å². The van der Waals surface area contributed by atoms with E-state index in [1.807, 2.05) is 11.9 Å². The first-order valence-corrected chi connectivity index (χ1v) is 9.08. The molecule has 5 nitrogen and oxygen atoms in total. The number of nitrogens with one attached hydrogen (secondary N) is 1. The Morgan fingerprint density at radius 1 is 1.16 bits per heavy atom. The van der Waals surface area contributed by atoms with Gasteiger partial charge in [-0.05, 0) is 63.0 Å². The van der Waals surface area contributed by atoms with Gasteiger partial charge in [-0.2, -0.15) is 0 Å². The van der Waals surface area contributed by atoms with Crippen molar-refractivity contribution in [2.45, 2.75) is 31.7 Å². The highest BCUT2D eigenvalue weighted by molar-refractivity contribution is 5.94. The summed E-state index contributed by atoms with van der Waals surface area (Å²) in [7, 11) is 1.89. The van der Waals surface area contributed by atoms with Gasteiger partial charge in [-0.15, -0.1) is 0 Å². The van der Waals surface area contributed by atoms with Crippen LogP contribution in [0.3, 0.4) is 0 Å². The second kappa shape index (κ2) is 7.95. The van der Waals surface area contributed by atoms with E-state index in [4.69, 9.17) is 0 Å². The molecule has 2 aliphatic heterocycles. The maximum atomic E-state index is 13.0. The third kappa shape index (κ3) is 4.18. The number of carbonyl (C=O) groups excluding carboxylic acids is 2. The second-order valence-corrected chi connectivity index (χ2v) is 7.03. The summed E-state index contributed by atoms with van der Waals surface area (Å²) in [5.41, 5.74) is 0.473. The molecule has 1 unspecified atom stereocenters. The molecule has 2 aliphatic rings. The van der Waals surface area contributed by atoms with E-state index in [0.29, 0.717) is 18.7 Å². The van der Waals surface area contributed by atoms with E-state index in [1.54, 1.807) is 4.90 Å². The van der Waals surface area contributed by atoms with Gasteiger partial charge in [0.1, 0.15) is 5.82 Å². The predicted molar refractivity (Wildman–Crippen MR) is 93.7 cm³/mol. The fraction of sp³-hybridized carbons (Fsp3) is 0.579. The molecule has 3 rings (SSSR count). The monoisotopic (exact) mass is 347 g/mol. The van der Waals surface area contributed by atoms with Crippen LogP contribution in [0.25, 0.3) is 0 Å². The molecular weight excluding hydrogens is 321 g/mol. The Kier molecular flexibility index (Phi) is 5.68. The Morgan fingerprint density at radius 3 is 2.52 bits per heavy atom. The molecule has 2 saturated heterocycles. The number of hydrogen-bond acceptors (Lipinski definition) is 3. The molecule has 136 valence electrons. The molecule has 0 bridgehead atoms. The minimum atomic E-state index is -0.355. The molecular formula is C19H26FN3O2. The second-order valence-electron chi connectivity index (χ2n) is 7.03. The first-order valence-electron chi connectivity index (χ1n) is 9.08. The fourth-order valence-electron chi connectivity index (χ4n) is 3.80. The Hall–Kier alpha value is -1.95. The zero-order chi connectivity index (χ0) is 17.8. The molecule has 0 radical (unpaired) electrons. The molecule has 1 N–H and O–H groups in total. The van der Waals surface area contributed by atoms with Gasteiger partial charge in [0.15, 0.2) is 0 Å². The normalized spacial score (nSPS) is 21.8. The summed E-state index contributed by atoms with van der Waals surface area (Å²) in [6.45, 7) is 2.99. The van der Waals surface area contributed by atoms with E-state index in [1.165, 1.54) is 24.3 Å². The van der Waals surface area contributed by atoms with Crippen LogP contribution < -0.4 is 5.32 Å². The van der Waals surface area contributed by atoms with Crippen molar-refractivity contribution in [2.24, 2.45) is 5.92 Å². The minimum Gasteiger partial charge on any atom is -0.342 e. The molecule has 6 heteroatoms. The standard InChI is InChI=1S/C19H26FN3O2/c1-22(17-8-10-21-11-9-17)18(24)15-3-2-12-23(13-15)19(25)14-4-6-16(20)7-5-14/h4-7,15,17,21H,2-3,8-13H2,1H3. The maximum absolute atomic E-state index is 13.0. The van der Waals surface area contributed by atoms with Gasteiger partial charge in [-0.1, -0.05) is 0 Å². The molecule has 0 aliphatic carbocycles. The average molecular weight is 347 g/mol. The number of carbonyl (C=O) groups is 2. The smallest absolute Gasteiger partial charge is 0.253 e. The molecule has 1 aromatic rings. The van der Waals surface area contributed by atoms with Gasteiger partial charge in [-0.3, -0.25) is 9.59 Å². The number of nitrogens with zero attached hydrogens (tertiary/aromatic N) is 2. The number of halogens is 1. The lowest BCUT2D eigenvalue weighted by Crippen LogP contribution is -2.50. The van der Waals surface area contributed by atoms with E-state index in [9.17, 15) is 14.0 Å². The molecule has 25 heavy (non-hydrogen) atoms. The summed E-state index contributed by atoms with van der Waals surface area (Å²) in [6.07, 6.45) is 3.60. The van der Waals surface area contributed by atoms with Crippen LogP contribution in [-0.2, 0) is 4.79 Å². The summed E-state index contributed by atoms with van der Waals surface area (Å²) >= 11 is 0. The van der Waals surface area contributed by atoms with Crippen LogP contribution in [-0.4, -0.2) is 60.9 Å². The SMILES string of the molecule is CN(C(=O)C1CCCN(C(=O)c2ccc(F)cc2)C1)C1CCNCC1. The van der Waals surface area contributed by atoms with Crippen LogP contribution >= 0.6 is 0 Å². The van der Waals surface area contributed by atoms with Crippen LogP contribution in [0.5, 0.6) is 0 Å². The van der Waals surface area contributed by atoms with Crippen LogP contribution in [0.1, 0.15) is 36.0 Å². The predicted octanol–water partition coefficient (Wildman–Crippen LogP) is 1.89. The van der Waals surface area contributed by atoms with Crippen LogP contribution in [0, 0.1) is 11.7 Å². The Bertz CT molecular complexity index is 614. The van der Waals surface area contributed by atoms with Crippen molar-refractivity contribution in [1.29, 1.82) is 0 Å². The molecule has 0 aromatic heterocycles. The molecule has 1 atom stereocenters. The van der Waals surface area contributed by atoms with Crippen LogP contribution in [0.2, 0.25) is 0 Å². The Morgan fingerprint density at radius 2 is 1.84 bits per heavy atom. The number of benzene rings is 1. The summed E-state index contributed by atoms with van der Waals surface area (Å²) < 4.78 is 13.0. The highest BCUT2D eigenvalue weighted by Crippen LogP contribution is 2.22. The molecule has 2 fully saturated rings. The zero-order valence-electron chi connectivity index (χ0n) is 14.7. The van der Waals surface area contributed by atoms with Gasteiger partial charge in [0.2, 0.25) is 5.91 Å². The van der Waals surface area contributed by atoms with Crippen molar-refractivity contribution in [1.82, 2.24) is 15.1 Å². The van der Waals surface area contributed by atoms with E-state index in [0.717, 1.165) is 38.8 Å². The van der Waals surface area contributed by atoms with Gasteiger partial charge in [-0.25, -0.2) is 4.39 Å². The lowest BCUT2D eigenvalue weighted by atomic mass is 9.94. The van der Waals surface area contributed by atoms with Crippen molar-refractivity contribution in [3.63, 3.8) is 0 Å². The van der Waals surface area contributed by atoms with E-state index < -0.39 is 0 Å². The molecule has 0 saturated carbocycles. The van der Waals surface area contributed by atoms with E-state index >= 15 is 0 Å². The summed E-state index contributed by atoms with van der Waals surface area (Å²) in [6, 6.07) is 5.89. The summed E-state index contributed by atoms with van der Waals surface area (Å²) in [5.74, 6) is -0.476. The largest absolute Gasteiger partial charge is 0.342 e. The maximum Gasteiger partial charge on any atom is 0.253 e. The quantitative estimate of drug-likeness (QED) is 0.908. The number of piperidine rings is 2. The number of rotatable bonds is 3. The molecule has 1 aromatic carbocycles.